The highest BCUT2D eigenvalue weighted by atomic mass is 16.6. The first-order chi connectivity index (χ1) is 20.4. The van der Waals surface area contributed by atoms with Gasteiger partial charge in [0, 0.05) is 23.1 Å². The first-order valence-electron chi connectivity index (χ1n) is 12.9. The number of rotatable bonds is 10. The Morgan fingerprint density at radius 1 is 0.881 bits per heavy atom. The first kappa shape index (κ1) is 27.8. The number of amides is 1. The van der Waals surface area contributed by atoms with Gasteiger partial charge in [0.25, 0.3) is 11.6 Å². The van der Waals surface area contributed by atoms with Gasteiger partial charge in [0.1, 0.15) is 23.8 Å². The van der Waals surface area contributed by atoms with Gasteiger partial charge in [-0.3, -0.25) is 14.9 Å². The third-order valence-electron chi connectivity index (χ3n) is 6.34. The van der Waals surface area contributed by atoms with Crippen molar-refractivity contribution in [3.05, 3.63) is 124 Å². The van der Waals surface area contributed by atoms with Gasteiger partial charge in [-0.1, -0.05) is 48.5 Å². The van der Waals surface area contributed by atoms with Crippen molar-refractivity contribution in [1.82, 2.24) is 4.98 Å². The number of methoxy groups -OCH3 is 1. The van der Waals surface area contributed by atoms with Gasteiger partial charge in [0.2, 0.25) is 0 Å². The van der Waals surface area contributed by atoms with Gasteiger partial charge in [-0.05, 0) is 48.0 Å². The monoisotopic (exact) mass is 563 g/mol. The summed E-state index contributed by atoms with van der Waals surface area (Å²) in [6.07, 6.45) is 0. The summed E-state index contributed by atoms with van der Waals surface area (Å²) in [7, 11) is 1.40. The van der Waals surface area contributed by atoms with Gasteiger partial charge in [-0.25, -0.2) is 9.78 Å². The van der Waals surface area contributed by atoms with E-state index in [2.05, 4.69) is 5.32 Å². The Kier molecular flexibility index (Phi) is 8.34. The summed E-state index contributed by atoms with van der Waals surface area (Å²) in [5.41, 5.74) is 2.74. The normalized spacial score (nSPS) is 10.6. The van der Waals surface area contributed by atoms with Crippen molar-refractivity contribution in [2.24, 2.45) is 0 Å². The average molecular weight is 564 g/mol. The predicted octanol–water partition coefficient (Wildman–Crippen LogP) is 6.19. The van der Waals surface area contributed by atoms with E-state index in [9.17, 15) is 19.7 Å². The van der Waals surface area contributed by atoms with E-state index in [1.807, 2.05) is 60.7 Å². The van der Waals surface area contributed by atoms with Crippen LogP contribution in [0, 0.1) is 10.1 Å². The van der Waals surface area contributed by atoms with Crippen LogP contribution in [-0.2, 0) is 16.1 Å². The fourth-order valence-corrected chi connectivity index (χ4v) is 4.25. The molecule has 210 valence electrons. The van der Waals surface area contributed by atoms with Crippen LogP contribution >= 0.6 is 0 Å². The molecule has 10 heteroatoms. The number of nitrogens with one attached hydrogen (secondary N) is 1. The number of hydrogen-bond donors (Lipinski definition) is 1. The van der Waals surface area contributed by atoms with Gasteiger partial charge < -0.3 is 19.5 Å². The molecule has 5 aromatic rings. The molecule has 5 rings (SSSR count). The molecule has 1 N–H and O–H groups in total. The molecule has 0 unspecified atom stereocenters. The van der Waals surface area contributed by atoms with E-state index in [1.165, 1.54) is 25.3 Å². The lowest BCUT2D eigenvalue weighted by Gasteiger charge is -2.11. The molecule has 0 fully saturated rings. The van der Waals surface area contributed by atoms with E-state index >= 15 is 0 Å². The molecular weight excluding hydrogens is 538 g/mol. The molecule has 1 amide bonds. The maximum atomic E-state index is 13.2. The molecule has 0 aliphatic heterocycles. The molecule has 10 nitrogen and oxygen atoms in total. The van der Waals surface area contributed by atoms with E-state index in [1.54, 1.807) is 24.3 Å². The molecule has 1 aromatic heterocycles. The molecule has 0 saturated heterocycles. The number of nitro benzene ring substituents is 1. The average Bonchev–Trinajstić information content (AvgIpc) is 3.02. The number of anilines is 1. The van der Waals surface area contributed by atoms with Gasteiger partial charge in [0.15, 0.2) is 6.61 Å². The fraction of sp³-hybridized carbons (Fsp3) is 0.0938. The van der Waals surface area contributed by atoms with Crippen molar-refractivity contribution in [2.45, 2.75) is 6.61 Å². The topological polar surface area (TPSA) is 130 Å². The van der Waals surface area contributed by atoms with Crippen molar-refractivity contribution in [1.29, 1.82) is 0 Å². The van der Waals surface area contributed by atoms with Crippen LogP contribution < -0.4 is 14.8 Å². The zero-order valence-corrected chi connectivity index (χ0v) is 22.5. The quantitative estimate of drug-likeness (QED) is 0.121. The molecule has 0 bridgehead atoms. The second kappa shape index (κ2) is 12.6. The number of nitro groups is 1. The molecule has 0 aliphatic carbocycles. The van der Waals surface area contributed by atoms with E-state index in [0.29, 0.717) is 34.7 Å². The molecule has 0 atom stereocenters. The number of nitrogens with zero attached hydrogens (tertiary/aromatic N) is 2. The van der Waals surface area contributed by atoms with Gasteiger partial charge >= 0.3 is 5.97 Å². The number of carbonyl (C=O) groups excluding carboxylic acids is 2. The Balaban J connectivity index is 1.32. The van der Waals surface area contributed by atoms with Gasteiger partial charge in [0.05, 0.1) is 28.8 Å². The zero-order valence-electron chi connectivity index (χ0n) is 22.5. The Morgan fingerprint density at radius 3 is 2.33 bits per heavy atom. The van der Waals surface area contributed by atoms with Crippen molar-refractivity contribution in [3.63, 3.8) is 0 Å². The SMILES string of the molecule is COc1ccc([N+](=O)[O-])c(NC(=O)COC(=O)c2cc(-c3ccc(OCc4ccccc4)cc3)nc3ccccc23)c1. The number of aromatic nitrogens is 1. The molecule has 0 saturated carbocycles. The Morgan fingerprint density at radius 2 is 1.60 bits per heavy atom. The molecular formula is C32H25N3O7. The maximum absolute atomic E-state index is 13.2. The molecule has 0 aliphatic rings. The van der Waals surface area contributed by atoms with E-state index in [0.717, 1.165) is 11.1 Å². The van der Waals surface area contributed by atoms with Crippen molar-refractivity contribution < 1.29 is 28.7 Å². The summed E-state index contributed by atoms with van der Waals surface area (Å²) in [4.78, 5) is 41.2. The second-order valence-electron chi connectivity index (χ2n) is 9.14. The summed E-state index contributed by atoms with van der Waals surface area (Å²) in [6, 6.07) is 29.8. The highest BCUT2D eigenvalue weighted by Crippen LogP contribution is 2.29. The van der Waals surface area contributed by atoms with E-state index in [-0.39, 0.29) is 16.9 Å². The second-order valence-corrected chi connectivity index (χ2v) is 9.14. The van der Waals surface area contributed by atoms with Crippen LogP contribution in [0.1, 0.15) is 15.9 Å². The Bertz CT molecular complexity index is 1760. The van der Waals surface area contributed by atoms with Crippen LogP contribution in [0.5, 0.6) is 11.5 Å². The summed E-state index contributed by atoms with van der Waals surface area (Å²) in [6.45, 7) is -0.226. The molecule has 0 radical (unpaired) electrons. The summed E-state index contributed by atoms with van der Waals surface area (Å²) < 4.78 is 16.3. The number of pyridine rings is 1. The largest absolute Gasteiger partial charge is 0.497 e. The zero-order chi connectivity index (χ0) is 29.5. The molecule has 4 aromatic carbocycles. The number of fused-ring (bicyclic) bond motifs is 1. The summed E-state index contributed by atoms with van der Waals surface area (Å²) in [5.74, 6) is -0.484. The smallest absolute Gasteiger partial charge is 0.339 e. The van der Waals surface area contributed by atoms with Crippen molar-refractivity contribution in [2.75, 3.05) is 19.0 Å². The summed E-state index contributed by atoms with van der Waals surface area (Å²) >= 11 is 0. The third kappa shape index (κ3) is 6.50. The number of ether oxygens (including phenoxy) is 3. The highest BCUT2D eigenvalue weighted by molar-refractivity contribution is 6.05. The van der Waals surface area contributed by atoms with Gasteiger partial charge in [-0.2, -0.15) is 0 Å². The third-order valence-corrected chi connectivity index (χ3v) is 6.34. The molecule has 1 heterocycles. The standard InChI is InChI=1S/C32H25N3O7/c1-40-24-15-16-30(35(38)39)29(17-24)34-31(36)20-42-32(37)26-18-28(33-27-10-6-5-9-25(26)27)22-11-13-23(14-12-22)41-19-21-7-3-2-4-8-21/h2-18H,19-20H2,1H3,(H,34,36). The van der Waals surface area contributed by atoms with Crippen molar-refractivity contribution >= 4 is 34.2 Å². The van der Waals surface area contributed by atoms with Crippen LogP contribution in [-0.4, -0.2) is 35.5 Å². The minimum atomic E-state index is -0.746. The van der Waals surface area contributed by atoms with Crippen LogP contribution in [0.25, 0.3) is 22.2 Å². The minimum absolute atomic E-state index is 0.0757. The summed E-state index contributed by atoms with van der Waals surface area (Å²) in [5, 5.41) is 14.3. The van der Waals surface area contributed by atoms with Crippen LogP contribution in [0.3, 0.4) is 0 Å². The van der Waals surface area contributed by atoms with Crippen LogP contribution in [0.15, 0.2) is 103 Å². The lowest BCUT2D eigenvalue weighted by atomic mass is 10.0. The number of para-hydroxylation sites is 1. The predicted molar refractivity (Wildman–Crippen MR) is 157 cm³/mol. The number of benzene rings is 4. The van der Waals surface area contributed by atoms with E-state index in [4.69, 9.17) is 19.2 Å². The van der Waals surface area contributed by atoms with Crippen molar-refractivity contribution in [3.8, 4) is 22.8 Å². The Labute approximate surface area is 240 Å². The van der Waals surface area contributed by atoms with Gasteiger partial charge in [-0.15, -0.1) is 0 Å². The lowest BCUT2D eigenvalue weighted by molar-refractivity contribution is -0.383. The molecule has 42 heavy (non-hydrogen) atoms. The first-order valence-corrected chi connectivity index (χ1v) is 12.9. The highest BCUT2D eigenvalue weighted by Gasteiger charge is 2.20. The number of hydrogen-bond acceptors (Lipinski definition) is 8. The fourth-order valence-electron chi connectivity index (χ4n) is 4.25. The van der Waals surface area contributed by atoms with Crippen LogP contribution in [0.2, 0.25) is 0 Å². The number of carbonyl (C=O) groups is 2. The van der Waals surface area contributed by atoms with E-state index < -0.39 is 23.4 Å². The Hall–Kier alpha value is -5.77. The lowest BCUT2D eigenvalue weighted by Crippen LogP contribution is -2.21. The minimum Gasteiger partial charge on any atom is -0.497 e. The van der Waals surface area contributed by atoms with Crippen LogP contribution in [0.4, 0.5) is 11.4 Å². The maximum Gasteiger partial charge on any atom is 0.339 e. The number of esters is 1. The molecule has 0 spiro atoms.